The summed E-state index contributed by atoms with van der Waals surface area (Å²) in [4.78, 5) is 28.8. The molecule has 0 aromatic heterocycles. The number of likely N-dealkylation sites (N-methyl/N-ethyl adjacent to an activating group) is 1. The van der Waals surface area contributed by atoms with E-state index in [1.54, 1.807) is 12.1 Å². The van der Waals surface area contributed by atoms with Crippen LogP contribution in [0.5, 0.6) is 0 Å². The average Bonchev–Trinajstić information content (AvgIpc) is 3.09. The topological polar surface area (TPSA) is 98.8 Å². The minimum atomic E-state index is -3.31. The van der Waals surface area contributed by atoms with Crippen molar-refractivity contribution in [3.05, 3.63) is 30.3 Å². The summed E-state index contributed by atoms with van der Waals surface area (Å²) in [6.07, 6.45) is 0.311. The van der Waals surface area contributed by atoms with E-state index in [0.717, 1.165) is 6.54 Å². The van der Waals surface area contributed by atoms with Crippen LogP contribution in [-0.2, 0) is 14.6 Å². The molecule has 9 heteroatoms. The molecular formula is C19H28N4O4S. The van der Waals surface area contributed by atoms with Crippen LogP contribution in [0.2, 0.25) is 0 Å². The first-order chi connectivity index (χ1) is 13.3. The molecule has 3 atom stereocenters. The molecule has 0 unspecified atom stereocenters. The lowest BCUT2D eigenvalue weighted by Crippen LogP contribution is -2.47. The molecule has 28 heavy (non-hydrogen) atoms. The molecule has 154 valence electrons. The van der Waals surface area contributed by atoms with Crippen molar-refractivity contribution in [2.75, 3.05) is 51.3 Å². The Morgan fingerprint density at radius 1 is 1.18 bits per heavy atom. The fraction of sp³-hybridized carbons (Fsp3) is 0.579. The van der Waals surface area contributed by atoms with Crippen molar-refractivity contribution < 1.29 is 18.0 Å². The number of nitrogens with zero attached hydrogens (tertiary/aromatic N) is 2. The summed E-state index contributed by atoms with van der Waals surface area (Å²) in [6, 6.07) is 8.71. The number of rotatable bonds is 5. The molecule has 2 heterocycles. The van der Waals surface area contributed by atoms with E-state index in [4.69, 9.17) is 0 Å². The highest BCUT2D eigenvalue weighted by atomic mass is 32.2. The number of sulfone groups is 1. The molecule has 1 aromatic rings. The Morgan fingerprint density at radius 3 is 2.57 bits per heavy atom. The number of hydrogen-bond acceptors (Lipinski definition) is 5. The fourth-order valence-corrected chi connectivity index (χ4v) is 6.07. The Balaban J connectivity index is 1.68. The maximum absolute atomic E-state index is 12.7. The van der Waals surface area contributed by atoms with Gasteiger partial charge < -0.3 is 20.4 Å². The van der Waals surface area contributed by atoms with E-state index in [9.17, 15) is 18.0 Å². The highest BCUT2D eigenvalue weighted by Crippen LogP contribution is 2.37. The van der Waals surface area contributed by atoms with E-state index in [1.165, 1.54) is 4.90 Å². The number of hydrogen-bond donors (Lipinski definition) is 2. The molecule has 3 rings (SSSR count). The van der Waals surface area contributed by atoms with E-state index in [-0.39, 0.29) is 42.6 Å². The van der Waals surface area contributed by atoms with E-state index in [0.29, 0.717) is 18.7 Å². The largest absolute Gasteiger partial charge is 0.355 e. The predicted molar refractivity (Wildman–Crippen MR) is 108 cm³/mol. The molecule has 0 saturated carbocycles. The Morgan fingerprint density at radius 2 is 1.89 bits per heavy atom. The number of urea groups is 1. The Bertz CT molecular complexity index is 812. The van der Waals surface area contributed by atoms with E-state index in [1.807, 2.05) is 37.2 Å². The number of anilines is 1. The molecule has 2 N–H and O–H groups in total. The first kappa shape index (κ1) is 20.6. The van der Waals surface area contributed by atoms with Gasteiger partial charge in [0.1, 0.15) is 0 Å². The van der Waals surface area contributed by atoms with Gasteiger partial charge in [0.05, 0.1) is 11.0 Å². The van der Waals surface area contributed by atoms with Crippen LogP contribution in [0, 0.1) is 11.8 Å². The molecule has 2 aliphatic rings. The number of fused-ring (bicyclic) bond motifs is 1. The van der Waals surface area contributed by atoms with Gasteiger partial charge in [0.2, 0.25) is 5.91 Å². The monoisotopic (exact) mass is 408 g/mol. The Kier molecular flexibility index (Phi) is 6.24. The van der Waals surface area contributed by atoms with E-state index >= 15 is 0 Å². The zero-order valence-corrected chi connectivity index (χ0v) is 17.1. The van der Waals surface area contributed by atoms with Crippen LogP contribution in [0.1, 0.15) is 6.42 Å². The zero-order valence-electron chi connectivity index (χ0n) is 16.3. The predicted octanol–water partition coefficient (Wildman–Crippen LogP) is 0.631. The molecular weight excluding hydrogens is 380 g/mol. The maximum Gasteiger partial charge on any atom is 0.321 e. The van der Waals surface area contributed by atoms with Crippen molar-refractivity contribution in [3.8, 4) is 0 Å². The lowest BCUT2D eigenvalue weighted by molar-refractivity contribution is -0.126. The van der Waals surface area contributed by atoms with Crippen molar-refractivity contribution in [1.29, 1.82) is 0 Å². The summed E-state index contributed by atoms with van der Waals surface area (Å²) in [5.74, 6) is -0.865. The molecule has 0 bridgehead atoms. The van der Waals surface area contributed by atoms with Gasteiger partial charge in [-0.25, -0.2) is 13.2 Å². The number of carbonyl (C=O) groups is 2. The second-order valence-electron chi connectivity index (χ2n) is 7.76. The van der Waals surface area contributed by atoms with Crippen LogP contribution in [0.3, 0.4) is 0 Å². The van der Waals surface area contributed by atoms with Crippen molar-refractivity contribution in [2.24, 2.45) is 11.8 Å². The summed E-state index contributed by atoms with van der Waals surface area (Å²) < 4.78 is 25.1. The first-order valence-electron chi connectivity index (χ1n) is 9.53. The van der Waals surface area contributed by atoms with Crippen LogP contribution >= 0.6 is 0 Å². The number of para-hydroxylation sites is 1. The van der Waals surface area contributed by atoms with E-state index < -0.39 is 15.1 Å². The van der Waals surface area contributed by atoms with Gasteiger partial charge in [-0.3, -0.25) is 4.79 Å². The van der Waals surface area contributed by atoms with Crippen LogP contribution in [-0.4, -0.2) is 81.4 Å². The number of amides is 3. The maximum atomic E-state index is 12.7. The third-order valence-electron chi connectivity index (χ3n) is 5.51. The van der Waals surface area contributed by atoms with Crippen molar-refractivity contribution >= 4 is 27.5 Å². The number of benzene rings is 1. The molecule has 2 aliphatic heterocycles. The van der Waals surface area contributed by atoms with Crippen molar-refractivity contribution in [2.45, 2.75) is 11.7 Å². The molecule has 1 aromatic carbocycles. The van der Waals surface area contributed by atoms with Crippen LogP contribution in [0.4, 0.5) is 10.5 Å². The summed E-state index contributed by atoms with van der Waals surface area (Å²) in [5.41, 5.74) is 0.656. The summed E-state index contributed by atoms with van der Waals surface area (Å²) in [7, 11) is 0.542. The molecule has 2 saturated heterocycles. The van der Waals surface area contributed by atoms with Gasteiger partial charge in [-0.2, -0.15) is 0 Å². The number of likely N-dealkylation sites (tertiary alicyclic amines) is 1. The molecule has 8 nitrogen and oxygen atoms in total. The van der Waals surface area contributed by atoms with Gasteiger partial charge in [0, 0.05) is 43.7 Å². The Labute approximate surface area is 166 Å². The standard InChI is InChI=1S/C19H28N4O4S/c1-22(2)10-9-20-18(24)15-8-11-28(26,27)17-13-23(12-16(15)17)19(25)21-14-6-4-3-5-7-14/h3-7,15-17H,8-13H2,1-2H3,(H,20,24)(H,21,25)/t15-,16+,17+/m0/s1. The Hall–Kier alpha value is -2.13. The van der Waals surface area contributed by atoms with Crippen molar-refractivity contribution in [1.82, 2.24) is 15.1 Å². The van der Waals surface area contributed by atoms with Crippen LogP contribution < -0.4 is 10.6 Å². The first-order valence-corrected chi connectivity index (χ1v) is 11.2. The number of nitrogens with one attached hydrogen (secondary N) is 2. The lowest BCUT2D eigenvalue weighted by atomic mass is 9.87. The van der Waals surface area contributed by atoms with Gasteiger partial charge in [0.15, 0.2) is 9.84 Å². The smallest absolute Gasteiger partial charge is 0.321 e. The van der Waals surface area contributed by atoms with E-state index in [2.05, 4.69) is 10.6 Å². The number of carbonyl (C=O) groups excluding carboxylic acids is 2. The SMILES string of the molecule is CN(C)CCNC(=O)[C@H]1CCS(=O)(=O)[C@@H]2CN(C(=O)Nc3ccccc3)C[C@H]12. The molecule has 2 fully saturated rings. The van der Waals surface area contributed by atoms with Gasteiger partial charge >= 0.3 is 6.03 Å². The minimum absolute atomic E-state index is 0.00587. The third kappa shape index (κ3) is 4.64. The van der Waals surface area contributed by atoms with Crippen LogP contribution in [0.15, 0.2) is 30.3 Å². The summed E-state index contributed by atoms with van der Waals surface area (Å²) >= 11 is 0. The second kappa shape index (κ2) is 8.48. The quantitative estimate of drug-likeness (QED) is 0.745. The lowest BCUT2D eigenvalue weighted by Gasteiger charge is -2.31. The van der Waals surface area contributed by atoms with Gasteiger partial charge in [-0.15, -0.1) is 0 Å². The minimum Gasteiger partial charge on any atom is -0.355 e. The molecule has 0 aliphatic carbocycles. The summed E-state index contributed by atoms with van der Waals surface area (Å²) in [6.45, 7) is 1.64. The van der Waals surface area contributed by atoms with Crippen molar-refractivity contribution in [3.63, 3.8) is 0 Å². The molecule has 0 spiro atoms. The third-order valence-corrected chi connectivity index (χ3v) is 7.73. The molecule has 0 radical (unpaired) electrons. The van der Waals surface area contributed by atoms with Gasteiger partial charge in [0.25, 0.3) is 0 Å². The zero-order chi connectivity index (χ0) is 20.3. The molecule has 3 amide bonds. The van der Waals surface area contributed by atoms with Crippen LogP contribution in [0.25, 0.3) is 0 Å². The highest BCUT2D eigenvalue weighted by Gasteiger charge is 2.51. The summed E-state index contributed by atoms with van der Waals surface area (Å²) in [5, 5.41) is 5.04. The fourth-order valence-electron chi connectivity index (χ4n) is 3.97. The normalized spacial score (nSPS) is 26.0. The average molecular weight is 409 g/mol. The second-order valence-corrected chi connectivity index (χ2v) is 10.1. The van der Waals surface area contributed by atoms with Gasteiger partial charge in [-0.05, 0) is 32.6 Å². The highest BCUT2D eigenvalue weighted by molar-refractivity contribution is 7.92. The van der Waals surface area contributed by atoms with Gasteiger partial charge in [-0.1, -0.05) is 18.2 Å².